The van der Waals surface area contributed by atoms with Gasteiger partial charge in [0.15, 0.2) is 5.11 Å². The average Bonchev–Trinajstić information content (AvgIpc) is 2.65. The number of thiophene rings is 1. The van der Waals surface area contributed by atoms with E-state index in [2.05, 4.69) is 42.4 Å². The first-order chi connectivity index (χ1) is 7.59. The standard InChI is InChI=1S/C12H18N2S2/c1-8(2)13-12(15)14-6-4-11-10(9(14)3)5-7-16-11/h5,7-9H,4,6H2,1-3H3,(H,13,15). The molecule has 1 unspecified atom stereocenters. The van der Waals surface area contributed by atoms with Crippen LogP contribution in [0.2, 0.25) is 0 Å². The topological polar surface area (TPSA) is 15.3 Å². The van der Waals surface area contributed by atoms with Gasteiger partial charge in [0.2, 0.25) is 0 Å². The molecule has 0 fully saturated rings. The third-order valence-electron chi connectivity index (χ3n) is 2.95. The maximum atomic E-state index is 5.45. The molecule has 0 radical (unpaired) electrons. The lowest BCUT2D eigenvalue weighted by molar-refractivity contribution is 0.315. The van der Waals surface area contributed by atoms with Crippen molar-refractivity contribution in [1.82, 2.24) is 10.2 Å². The van der Waals surface area contributed by atoms with Gasteiger partial charge in [-0.3, -0.25) is 0 Å². The van der Waals surface area contributed by atoms with Crippen LogP contribution in [-0.2, 0) is 6.42 Å². The normalized spacial score (nSPS) is 19.8. The van der Waals surface area contributed by atoms with Crippen molar-refractivity contribution >= 4 is 28.7 Å². The summed E-state index contributed by atoms with van der Waals surface area (Å²) >= 11 is 7.31. The van der Waals surface area contributed by atoms with E-state index in [1.807, 2.05) is 11.3 Å². The van der Waals surface area contributed by atoms with Gasteiger partial charge in [-0.05, 0) is 56.4 Å². The van der Waals surface area contributed by atoms with E-state index < -0.39 is 0 Å². The smallest absolute Gasteiger partial charge is 0.169 e. The largest absolute Gasteiger partial charge is 0.360 e. The van der Waals surface area contributed by atoms with Crippen molar-refractivity contribution in [2.75, 3.05) is 6.54 Å². The summed E-state index contributed by atoms with van der Waals surface area (Å²) in [6, 6.07) is 3.05. The Morgan fingerprint density at radius 2 is 2.38 bits per heavy atom. The van der Waals surface area contributed by atoms with Gasteiger partial charge in [-0.15, -0.1) is 11.3 Å². The molecule has 1 aliphatic rings. The zero-order valence-corrected chi connectivity index (χ0v) is 11.6. The molecule has 16 heavy (non-hydrogen) atoms. The molecule has 0 spiro atoms. The molecule has 1 atom stereocenters. The molecule has 0 saturated carbocycles. The number of thiocarbonyl (C=S) groups is 1. The molecular weight excluding hydrogens is 236 g/mol. The first-order valence-electron chi connectivity index (χ1n) is 5.73. The molecule has 0 aliphatic carbocycles. The van der Waals surface area contributed by atoms with Crippen molar-refractivity contribution in [3.63, 3.8) is 0 Å². The molecule has 1 aliphatic heterocycles. The average molecular weight is 254 g/mol. The highest BCUT2D eigenvalue weighted by Crippen LogP contribution is 2.32. The summed E-state index contributed by atoms with van der Waals surface area (Å²) in [7, 11) is 0. The van der Waals surface area contributed by atoms with Crippen LogP contribution in [0.15, 0.2) is 11.4 Å². The van der Waals surface area contributed by atoms with Crippen molar-refractivity contribution in [3.05, 3.63) is 21.9 Å². The lowest BCUT2D eigenvalue weighted by atomic mass is 10.0. The highest BCUT2D eigenvalue weighted by molar-refractivity contribution is 7.80. The van der Waals surface area contributed by atoms with Crippen LogP contribution in [0.1, 0.15) is 37.3 Å². The third kappa shape index (κ3) is 2.23. The highest BCUT2D eigenvalue weighted by Gasteiger charge is 2.26. The summed E-state index contributed by atoms with van der Waals surface area (Å²) in [5.41, 5.74) is 1.45. The Hall–Kier alpha value is -0.610. The monoisotopic (exact) mass is 254 g/mol. The summed E-state index contributed by atoms with van der Waals surface area (Å²) < 4.78 is 0. The second kappa shape index (κ2) is 4.72. The van der Waals surface area contributed by atoms with Gasteiger partial charge in [-0.2, -0.15) is 0 Å². The van der Waals surface area contributed by atoms with Crippen LogP contribution in [0.4, 0.5) is 0 Å². The number of nitrogens with one attached hydrogen (secondary N) is 1. The summed E-state index contributed by atoms with van der Waals surface area (Å²) in [4.78, 5) is 3.82. The molecule has 2 rings (SSSR count). The van der Waals surface area contributed by atoms with Gasteiger partial charge in [-0.1, -0.05) is 0 Å². The van der Waals surface area contributed by atoms with Crippen molar-refractivity contribution in [3.8, 4) is 0 Å². The maximum Gasteiger partial charge on any atom is 0.169 e. The molecule has 2 nitrogen and oxygen atoms in total. The number of hydrogen-bond acceptors (Lipinski definition) is 2. The molecule has 0 bridgehead atoms. The van der Waals surface area contributed by atoms with Crippen LogP contribution in [0, 0.1) is 0 Å². The molecule has 0 amide bonds. The maximum absolute atomic E-state index is 5.45. The van der Waals surface area contributed by atoms with Crippen LogP contribution in [-0.4, -0.2) is 22.6 Å². The number of rotatable bonds is 1. The molecule has 1 aromatic rings. The molecular formula is C12H18N2S2. The van der Waals surface area contributed by atoms with Crippen molar-refractivity contribution in [2.45, 2.75) is 39.3 Å². The van der Waals surface area contributed by atoms with E-state index in [1.165, 1.54) is 10.4 Å². The second-order valence-corrected chi connectivity index (χ2v) is 5.91. The molecule has 1 aromatic heterocycles. The minimum atomic E-state index is 0.406. The molecule has 4 heteroatoms. The minimum absolute atomic E-state index is 0.406. The fourth-order valence-electron chi connectivity index (χ4n) is 2.12. The van der Waals surface area contributed by atoms with E-state index in [4.69, 9.17) is 12.2 Å². The number of hydrogen-bond donors (Lipinski definition) is 1. The Labute approximate surface area is 107 Å². The Kier molecular flexibility index (Phi) is 3.50. The van der Waals surface area contributed by atoms with Gasteiger partial charge in [0.1, 0.15) is 0 Å². The van der Waals surface area contributed by atoms with Gasteiger partial charge in [-0.25, -0.2) is 0 Å². The first kappa shape index (κ1) is 11.9. The molecule has 0 saturated heterocycles. The van der Waals surface area contributed by atoms with Crippen molar-refractivity contribution in [1.29, 1.82) is 0 Å². The SMILES string of the molecule is CC(C)NC(=S)N1CCc2sccc2C1C. The number of fused-ring (bicyclic) bond motifs is 1. The molecule has 88 valence electrons. The van der Waals surface area contributed by atoms with Gasteiger partial charge in [0.05, 0.1) is 6.04 Å². The summed E-state index contributed by atoms with van der Waals surface area (Å²) in [6.45, 7) is 7.51. The summed E-state index contributed by atoms with van der Waals surface area (Å²) in [6.07, 6.45) is 1.12. The van der Waals surface area contributed by atoms with E-state index >= 15 is 0 Å². The summed E-state index contributed by atoms with van der Waals surface area (Å²) in [5.74, 6) is 0. The van der Waals surface area contributed by atoms with E-state index in [1.54, 1.807) is 0 Å². The van der Waals surface area contributed by atoms with Crippen LogP contribution < -0.4 is 5.32 Å². The zero-order valence-electron chi connectivity index (χ0n) is 9.99. The Morgan fingerprint density at radius 3 is 3.06 bits per heavy atom. The Balaban J connectivity index is 2.12. The minimum Gasteiger partial charge on any atom is -0.360 e. The second-order valence-electron chi connectivity index (χ2n) is 4.52. The van der Waals surface area contributed by atoms with Crippen LogP contribution >= 0.6 is 23.6 Å². The molecule has 0 aromatic carbocycles. The predicted molar refractivity (Wildman–Crippen MR) is 74.0 cm³/mol. The summed E-state index contributed by atoms with van der Waals surface area (Å²) in [5, 5.41) is 6.40. The van der Waals surface area contributed by atoms with Crippen LogP contribution in [0.3, 0.4) is 0 Å². The molecule has 1 N–H and O–H groups in total. The van der Waals surface area contributed by atoms with Gasteiger partial charge in [0, 0.05) is 17.5 Å². The van der Waals surface area contributed by atoms with Crippen molar-refractivity contribution < 1.29 is 0 Å². The Morgan fingerprint density at radius 1 is 1.62 bits per heavy atom. The lowest BCUT2D eigenvalue weighted by Gasteiger charge is -2.36. The van der Waals surface area contributed by atoms with E-state index in [-0.39, 0.29) is 0 Å². The van der Waals surface area contributed by atoms with Crippen LogP contribution in [0.25, 0.3) is 0 Å². The first-order valence-corrected chi connectivity index (χ1v) is 7.01. The number of nitrogens with zero attached hydrogens (tertiary/aromatic N) is 1. The van der Waals surface area contributed by atoms with E-state index in [0.717, 1.165) is 18.1 Å². The lowest BCUT2D eigenvalue weighted by Crippen LogP contribution is -2.46. The van der Waals surface area contributed by atoms with E-state index in [0.29, 0.717) is 12.1 Å². The van der Waals surface area contributed by atoms with Gasteiger partial charge in [0.25, 0.3) is 0 Å². The molecule has 2 heterocycles. The van der Waals surface area contributed by atoms with Gasteiger partial charge < -0.3 is 10.2 Å². The van der Waals surface area contributed by atoms with Crippen LogP contribution in [0.5, 0.6) is 0 Å². The Bertz CT molecular complexity index is 384. The van der Waals surface area contributed by atoms with Crippen molar-refractivity contribution in [2.24, 2.45) is 0 Å². The van der Waals surface area contributed by atoms with Gasteiger partial charge >= 0.3 is 0 Å². The highest BCUT2D eigenvalue weighted by atomic mass is 32.1. The van der Waals surface area contributed by atoms with E-state index in [9.17, 15) is 0 Å². The fourth-order valence-corrected chi connectivity index (χ4v) is 3.56. The quantitative estimate of drug-likeness (QED) is 0.776. The zero-order chi connectivity index (χ0) is 11.7. The fraction of sp³-hybridized carbons (Fsp3) is 0.583. The third-order valence-corrected chi connectivity index (χ3v) is 4.30. The predicted octanol–water partition coefficient (Wildman–Crippen LogP) is 2.95.